The van der Waals surface area contributed by atoms with Gasteiger partial charge in [-0.25, -0.2) is 9.59 Å². The van der Waals surface area contributed by atoms with Crippen molar-refractivity contribution in [2.75, 3.05) is 7.11 Å². The number of carbonyl (C=O) groups excluding carboxylic acids is 2. The van der Waals surface area contributed by atoms with Gasteiger partial charge in [0, 0.05) is 19.1 Å². The van der Waals surface area contributed by atoms with Crippen LogP contribution in [0.1, 0.15) is 43.9 Å². The van der Waals surface area contributed by atoms with Crippen molar-refractivity contribution in [1.29, 1.82) is 0 Å². The van der Waals surface area contributed by atoms with E-state index in [0.29, 0.717) is 5.57 Å². The Balaban J connectivity index is 2.05. The summed E-state index contributed by atoms with van der Waals surface area (Å²) in [4.78, 5) is 26.7. The topological polar surface area (TPSA) is 73.9 Å². The number of hydrogen-bond donors (Lipinski definition) is 1. The zero-order chi connectivity index (χ0) is 32.4. The van der Waals surface area contributed by atoms with Crippen molar-refractivity contribution in [2.45, 2.75) is 63.1 Å². The molecule has 0 heterocycles. The molecule has 0 aliphatic carbocycles. The quantitative estimate of drug-likeness (QED) is 0.168. The molecule has 0 aliphatic rings. The summed E-state index contributed by atoms with van der Waals surface area (Å²) in [6.45, 7) is 9.11. The minimum Gasteiger partial charge on any atom is -0.457 e. The van der Waals surface area contributed by atoms with Crippen LogP contribution in [-0.2, 0) is 31.0 Å². The van der Waals surface area contributed by atoms with Crippen molar-refractivity contribution < 1.29 is 37.0 Å². The first-order valence-electron chi connectivity index (χ1n) is 14.1. The van der Waals surface area contributed by atoms with Crippen molar-refractivity contribution in [3.8, 4) is 0 Å². The molecule has 3 aromatic carbocycles. The van der Waals surface area contributed by atoms with Crippen LogP contribution in [0.15, 0.2) is 109 Å². The van der Waals surface area contributed by atoms with Crippen molar-refractivity contribution in [3.05, 3.63) is 126 Å². The number of carbonyl (C=O) groups is 2. The monoisotopic (exact) mass is 609 g/mol. The highest BCUT2D eigenvalue weighted by molar-refractivity contribution is 5.83. The van der Waals surface area contributed by atoms with Gasteiger partial charge >= 0.3 is 18.2 Å². The molecular formula is C35H38F3NO5. The number of halogens is 3. The van der Waals surface area contributed by atoms with E-state index >= 15 is 0 Å². The largest absolute Gasteiger partial charge is 0.457 e. The van der Waals surface area contributed by atoms with Crippen LogP contribution in [0.25, 0.3) is 6.08 Å². The smallest absolute Gasteiger partial charge is 0.432 e. The van der Waals surface area contributed by atoms with E-state index in [9.17, 15) is 22.8 Å². The van der Waals surface area contributed by atoms with Crippen LogP contribution in [0.4, 0.5) is 18.0 Å². The summed E-state index contributed by atoms with van der Waals surface area (Å²) in [6.07, 6.45) is -3.81. The highest BCUT2D eigenvalue weighted by Crippen LogP contribution is 2.43. The first-order valence-corrected chi connectivity index (χ1v) is 14.1. The molecule has 0 radical (unpaired) electrons. The molecule has 0 saturated heterocycles. The lowest BCUT2D eigenvalue weighted by Crippen LogP contribution is -2.55. The molecule has 0 unspecified atom stereocenters. The van der Waals surface area contributed by atoms with E-state index in [1.165, 1.54) is 18.2 Å². The maximum atomic E-state index is 14.7. The number of methoxy groups -OCH3 is 1. The van der Waals surface area contributed by atoms with Gasteiger partial charge < -0.3 is 19.5 Å². The fourth-order valence-corrected chi connectivity index (χ4v) is 4.58. The summed E-state index contributed by atoms with van der Waals surface area (Å²) in [5, 5.41) is 2.73. The zero-order valence-electron chi connectivity index (χ0n) is 25.3. The first kappa shape index (κ1) is 34.1. The summed E-state index contributed by atoms with van der Waals surface area (Å²) in [5.41, 5.74) is -2.65. The van der Waals surface area contributed by atoms with Crippen molar-refractivity contribution in [2.24, 2.45) is 0 Å². The lowest BCUT2D eigenvalue weighted by Gasteiger charge is -2.36. The van der Waals surface area contributed by atoms with Crippen LogP contribution in [0, 0.1) is 0 Å². The van der Waals surface area contributed by atoms with Crippen molar-refractivity contribution in [3.63, 3.8) is 0 Å². The number of nitrogens with one attached hydrogen (secondary N) is 1. The molecular weight excluding hydrogens is 571 g/mol. The molecule has 0 aromatic heterocycles. The van der Waals surface area contributed by atoms with Crippen LogP contribution in [0.3, 0.4) is 0 Å². The number of alkyl carbamates (subject to hydrolysis) is 1. The molecule has 234 valence electrons. The molecule has 0 aliphatic heterocycles. The number of amides is 1. The molecule has 0 bridgehead atoms. The van der Waals surface area contributed by atoms with Gasteiger partial charge in [0.05, 0.1) is 6.04 Å². The Morgan fingerprint density at radius 1 is 0.886 bits per heavy atom. The third-order valence-electron chi connectivity index (χ3n) is 6.66. The molecule has 6 nitrogen and oxygen atoms in total. The third-order valence-corrected chi connectivity index (χ3v) is 6.66. The fourth-order valence-electron chi connectivity index (χ4n) is 4.58. The fraction of sp³-hybridized carbons (Fsp3) is 0.314. The molecule has 44 heavy (non-hydrogen) atoms. The number of esters is 1. The number of hydrogen-bond acceptors (Lipinski definition) is 5. The highest BCUT2D eigenvalue weighted by Gasteiger charge is 2.64. The summed E-state index contributed by atoms with van der Waals surface area (Å²) in [7, 11) is 0.804. The van der Waals surface area contributed by atoms with Gasteiger partial charge in [-0.15, -0.1) is 0 Å². The zero-order valence-corrected chi connectivity index (χ0v) is 25.3. The molecule has 1 amide bonds. The van der Waals surface area contributed by atoms with Gasteiger partial charge in [-0.1, -0.05) is 115 Å². The summed E-state index contributed by atoms with van der Waals surface area (Å²) in [5.74, 6) is -1.67. The predicted molar refractivity (Wildman–Crippen MR) is 164 cm³/mol. The predicted octanol–water partition coefficient (Wildman–Crippen LogP) is 7.80. The number of benzene rings is 3. The van der Waals surface area contributed by atoms with Crippen LogP contribution in [0.5, 0.6) is 0 Å². The maximum Gasteiger partial charge on any atom is 0.432 e. The van der Waals surface area contributed by atoms with Gasteiger partial charge in [0.1, 0.15) is 11.7 Å². The van der Waals surface area contributed by atoms with Gasteiger partial charge in [-0.05, 0) is 38.3 Å². The highest BCUT2D eigenvalue weighted by atomic mass is 19.4. The third kappa shape index (κ3) is 9.31. The molecule has 0 saturated carbocycles. The summed E-state index contributed by atoms with van der Waals surface area (Å²) in [6, 6.07) is 23.9. The van der Waals surface area contributed by atoms with Crippen LogP contribution >= 0.6 is 0 Å². The second-order valence-electron chi connectivity index (χ2n) is 11.2. The Kier molecular flexibility index (Phi) is 11.5. The minimum atomic E-state index is -5.18. The van der Waals surface area contributed by atoms with E-state index < -0.39 is 47.2 Å². The van der Waals surface area contributed by atoms with Gasteiger partial charge in [-0.2, -0.15) is 13.2 Å². The van der Waals surface area contributed by atoms with E-state index in [-0.39, 0.29) is 12.8 Å². The Morgan fingerprint density at radius 3 is 1.95 bits per heavy atom. The number of ether oxygens (including phenoxy) is 3. The average molecular weight is 610 g/mol. The summed E-state index contributed by atoms with van der Waals surface area (Å²) < 4.78 is 60.3. The molecule has 9 heteroatoms. The molecule has 0 fully saturated rings. The maximum absolute atomic E-state index is 14.7. The first-order chi connectivity index (χ1) is 20.7. The lowest BCUT2D eigenvalue weighted by atomic mass is 9.91. The molecule has 0 spiro atoms. The van der Waals surface area contributed by atoms with Crippen molar-refractivity contribution >= 4 is 18.1 Å². The number of allylic oxidation sites excluding steroid dienone is 1. The molecule has 1 N–H and O–H groups in total. The Labute approximate surface area is 256 Å². The average Bonchev–Trinajstić information content (AvgIpc) is 2.96. The van der Waals surface area contributed by atoms with E-state index in [1.807, 2.05) is 36.4 Å². The SMILES string of the molecule is C=C(/C=C/c1ccccc1)C[C@@H](OC(=O)[C@@](OC)(c1ccccc1)C(F)(F)F)[C@H](Cc1ccccc1)NC(=O)OC(C)(C)C. The minimum absolute atomic E-state index is 0.102. The van der Waals surface area contributed by atoms with Gasteiger partial charge in [-0.3, -0.25) is 0 Å². The van der Waals surface area contributed by atoms with E-state index in [0.717, 1.165) is 30.4 Å². The summed E-state index contributed by atoms with van der Waals surface area (Å²) >= 11 is 0. The van der Waals surface area contributed by atoms with Crippen LogP contribution in [0.2, 0.25) is 0 Å². The van der Waals surface area contributed by atoms with Gasteiger partial charge in [0.25, 0.3) is 5.60 Å². The Morgan fingerprint density at radius 2 is 1.43 bits per heavy atom. The Bertz CT molecular complexity index is 1400. The molecule has 3 atom stereocenters. The van der Waals surface area contributed by atoms with E-state index in [4.69, 9.17) is 14.2 Å². The van der Waals surface area contributed by atoms with Crippen molar-refractivity contribution in [1.82, 2.24) is 5.32 Å². The van der Waals surface area contributed by atoms with Crippen LogP contribution < -0.4 is 5.32 Å². The normalized spacial score (nSPS) is 14.7. The van der Waals surface area contributed by atoms with Gasteiger partial charge in [0.15, 0.2) is 0 Å². The number of alkyl halides is 3. The van der Waals surface area contributed by atoms with Crippen LogP contribution in [-0.4, -0.2) is 43.1 Å². The second kappa shape index (κ2) is 14.9. The number of rotatable bonds is 12. The molecule has 3 rings (SSSR count). The van der Waals surface area contributed by atoms with E-state index in [1.54, 1.807) is 57.2 Å². The molecule has 3 aromatic rings. The van der Waals surface area contributed by atoms with E-state index in [2.05, 4.69) is 11.9 Å². The second-order valence-corrected chi connectivity index (χ2v) is 11.2. The van der Waals surface area contributed by atoms with Gasteiger partial charge in [0.2, 0.25) is 0 Å². The lowest BCUT2D eigenvalue weighted by molar-refractivity contribution is -0.278. The Hall–Kier alpha value is -4.37. The standard InChI is InChI=1S/C35H38F3NO5/c1-25(21-22-26-15-9-6-10-16-26)23-30(29(24-27-17-11-7-12-18-27)39-32(41)44-33(2,3)4)43-31(40)34(42-5,35(36,37)38)28-19-13-8-14-20-28/h6-22,29-30H,1,23-24H2,2-5H3,(H,39,41)/b22-21+/t29-,30+,34-/m0/s1.